The minimum Gasteiger partial charge on any atom is -0.493 e. The second-order valence-electron chi connectivity index (χ2n) is 6.45. The maximum Gasteiger partial charge on any atom is 0.126 e. The Morgan fingerprint density at radius 2 is 1.90 bits per heavy atom. The van der Waals surface area contributed by atoms with Crippen LogP contribution in [0.1, 0.15) is 51.2 Å². The molecule has 0 saturated heterocycles. The van der Waals surface area contributed by atoms with E-state index in [2.05, 4.69) is 61.1 Å². The molecule has 4 heteroatoms. The Morgan fingerprint density at radius 3 is 2.52 bits per heavy atom. The molecule has 2 N–H and O–H groups in total. The molecular formula is C17H28BrNO2. The quantitative estimate of drug-likeness (QED) is 0.685. The summed E-state index contributed by atoms with van der Waals surface area (Å²) in [5.74, 6) is 0.985. The zero-order valence-corrected chi connectivity index (χ0v) is 15.2. The number of hydrogen-bond donors (Lipinski definition) is 2. The molecule has 0 heterocycles. The van der Waals surface area contributed by atoms with Crippen LogP contribution >= 0.6 is 15.9 Å². The highest BCUT2D eigenvalue weighted by Gasteiger charge is 2.13. The number of halogens is 1. The summed E-state index contributed by atoms with van der Waals surface area (Å²) in [5, 5.41) is 12.3. The molecule has 1 aromatic carbocycles. The molecule has 0 aliphatic heterocycles. The second kappa shape index (κ2) is 8.76. The molecule has 0 saturated carbocycles. The van der Waals surface area contributed by atoms with Crippen molar-refractivity contribution in [2.45, 2.75) is 59.0 Å². The third-order valence-electron chi connectivity index (χ3n) is 3.17. The molecule has 0 bridgehead atoms. The third kappa shape index (κ3) is 7.30. The van der Waals surface area contributed by atoms with Crippen molar-refractivity contribution < 1.29 is 9.84 Å². The summed E-state index contributed by atoms with van der Waals surface area (Å²) in [6.07, 6.45) is 2.82. The molecule has 0 spiro atoms. The number of hydrogen-bond acceptors (Lipinski definition) is 3. The average molecular weight is 358 g/mol. The smallest absolute Gasteiger partial charge is 0.126 e. The predicted octanol–water partition coefficient (Wildman–Crippen LogP) is 4.19. The lowest BCUT2D eigenvalue weighted by molar-refractivity contribution is 0.264. The van der Waals surface area contributed by atoms with Gasteiger partial charge in [-0.1, -0.05) is 15.9 Å². The number of aliphatic hydroxyl groups excluding tert-OH is 1. The van der Waals surface area contributed by atoms with Gasteiger partial charge < -0.3 is 15.2 Å². The maximum atomic E-state index is 8.79. The van der Waals surface area contributed by atoms with Gasteiger partial charge in [0.1, 0.15) is 5.75 Å². The second-order valence-corrected chi connectivity index (χ2v) is 7.36. The summed E-state index contributed by atoms with van der Waals surface area (Å²) in [6.45, 7) is 10.3. The highest BCUT2D eigenvalue weighted by Crippen LogP contribution is 2.28. The molecule has 21 heavy (non-hydrogen) atoms. The Bertz CT molecular complexity index is 441. The molecule has 0 amide bonds. The van der Waals surface area contributed by atoms with Gasteiger partial charge in [0.2, 0.25) is 0 Å². The van der Waals surface area contributed by atoms with Crippen LogP contribution in [-0.2, 0) is 6.54 Å². The van der Waals surface area contributed by atoms with Gasteiger partial charge in [-0.05, 0) is 64.7 Å². The van der Waals surface area contributed by atoms with E-state index in [4.69, 9.17) is 9.84 Å². The van der Waals surface area contributed by atoms with Crippen molar-refractivity contribution in [1.82, 2.24) is 5.32 Å². The monoisotopic (exact) mass is 357 g/mol. The van der Waals surface area contributed by atoms with E-state index in [0.717, 1.165) is 41.6 Å². The van der Waals surface area contributed by atoms with Crippen molar-refractivity contribution in [2.75, 3.05) is 13.2 Å². The third-order valence-corrected chi connectivity index (χ3v) is 3.63. The fourth-order valence-electron chi connectivity index (χ4n) is 2.06. The Hall–Kier alpha value is -0.580. The summed E-state index contributed by atoms with van der Waals surface area (Å²) in [5.41, 5.74) is 2.41. The van der Waals surface area contributed by atoms with Crippen LogP contribution < -0.4 is 10.1 Å². The summed E-state index contributed by atoms with van der Waals surface area (Å²) >= 11 is 3.56. The zero-order valence-electron chi connectivity index (χ0n) is 13.6. The first-order valence-corrected chi connectivity index (χ1v) is 8.40. The van der Waals surface area contributed by atoms with Gasteiger partial charge in [-0.2, -0.15) is 0 Å². The molecule has 0 aliphatic carbocycles. The molecule has 0 aliphatic rings. The van der Waals surface area contributed by atoms with Gasteiger partial charge in [-0.3, -0.25) is 0 Å². The van der Waals surface area contributed by atoms with Crippen molar-refractivity contribution in [1.29, 1.82) is 0 Å². The number of aryl methyl sites for hydroxylation is 1. The lowest BCUT2D eigenvalue weighted by atomic mass is 10.1. The molecule has 0 aromatic heterocycles. The van der Waals surface area contributed by atoms with Gasteiger partial charge in [0.15, 0.2) is 0 Å². The molecule has 3 nitrogen and oxygen atoms in total. The van der Waals surface area contributed by atoms with Crippen LogP contribution in [0, 0.1) is 6.92 Å². The number of rotatable bonds is 8. The van der Waals surface area contributed by atoms with Crippen LogP contribution in [0.5, 0.6) is 5.75 Å². The van der Waals surface area contributed by atoms with Gasteiger partial charge in [0, 0.05) is 28.7 Å². The molecule has 0 atom stereocenters. The first-order chi connectivity index (χ1) is 9.83. The average Bonchev–Trinajstić information content (AvgIpc) is 2.37. The van der Waals surface area contributed by atoms with E-state index in [-0.39, 0.29) is 12.1 Å². The summed E-state index contributed by atoms with van der Waals surface area (Å²) in [7, 11) is 0. The zero-order chi connectivity index (χ0) is 15.9. The van der Waals surface area contributed by atoms with Crippen LogP contribution in [0.4, 0.5) is 0 Å². The lowest BCUT2D eigenvalue weighted by Crippen LogP contribution is -2.35. The highest BCUT2D eigenvalue weighted by atomic mass is 79.9. The minimum atomic E-state index is 0.0780. The van der Waals surface area contributed by atoms with Crippen molar-refractivity contribution in [3.63, 3.8) is 0 Å². The van der Waals surface area contributed by atoms with E-state index in [1.165, 1.54) is 5.56 Å². The van der Waals surface area contributed by atoms with Crippen LogP contribution in [0.25, 0.3) is 0 Å². The summed E-state index contributed by atoms with van der Waals surface area (Å²) < 4.78 is 7.07. The Kier molecular flexibility index (Phi) is 7.71. The van der Waals surface area contributed by atoms with Gasteiger partial charge in [0.25, 0.3) is 0 Å². The topological polar surface area (TPSA) is 41.5 Å². The van der Waals surface area contributed by atoms with Gasteiger partial charge >= 0.3 is 0 Å². The van der Waals surface area contributed by atoms with Gasteiger partial charge in [0.05, 0.1) is 6.61 Å². The first-order valence-electron chi connectivity index (χ1n) is 7.61. The molecule has 120 valence electrons. The number of nitrogens with one attached hydrogen (secondary N) is 1. The largest absolute Gasteiger partial charge is 0.493 e. The normalized spacial score (nSPS) is 11.7. The fraction of sp³-hybridized carbons (Fsp3) is 0.647. The highest BCUT2D eigenvalue weighted by molar-refractivity contribution is 9.10. The van der Waals surface area contributed by atoms with E-state index in [9.17, 15) is 0 Å². The summed E-state index contributed by atoms with van der Waals surface area (Å²) in [6, 6.07) is 4.21. The van der Waals surface area contributed by atoms with Crippen molar-refractivity contribution in [3.8, 4) is 5.75 Å². The molecule has 0 radical (unpaired) electrons. The SMILES string of the molecule is Cc1cc(Br)cc(CNC(C)(C)C)c1OCCCCCO. The van der Waals surface area contributed by atoms with Crippen LogP contribution in [0.15, 0.2) is 16.6 Å². The van der Waals surface area contributed by atoms with Gasteiger partial charge in [-0.25, -0.2) is 0 Å². The lowest BCUT2D eigenvalue weighted by Gasteiger charge is -2.22. The van der Waals surface area contributed by atoms with Crippen molar-refractivity contribution in [3.05, 3.63) is 27.7 Å². The number of ether oxygens (including phenoxy) is 1. The van der Waals surface area contributed by atoms with Crippen LogP contribution in [-0.4, -0.2) is 23.9 Å². The van der Waals surface area contributed by atoms with E-state index in [1.807, 2.05) is 0 Å². The maximum absolute atomic E-state index is 8.79. The van der Waals surface area contributed by atoms with Crippen molar-refractivity contribution >= 4 is 15.9 Å². The molecule has 1 rings (SSSR count). The first kappa shape index (κ1) is 18.5. The van der Waals surface area contributed by atoms with Crippen molar-refractivity contribution in [2.24, 2.45) is 0 Å². The number of aliphatic hydroxyl groups is 1. The van der Waals surface area contributed by atoms with Crippen LogP contribution in [0.2, 0.25) is 0 Å². The van der Waals surface area contributed by atoms with E-state index >= 15 is 0 Å². The van der Waals surface area contributed by atoms with E-state index in [1.54, 1.807) is 0 Å². The minimum absolute atomic E-state index is 0.0780. The molecule has 1 aromatic rings. The Balaban J connectivity index is 2.71. The fourth-order valence-corrected chi connectivity index (χ4v) is 2.68. The molecular weight excluding hydrogens is 330 g/mol. The molecule has 0 fully saturated rings. The Morgan fingerprint density at radius 1 is 1.19 bits per heavy atom. The predicted molar refractivity (Wildman–Crippen MR) is 91.9 cm³/mol. The van der Waals surface area contributed by atoms with Gasteiger partial charge in [-0.15, -0.1) is 0 Å². The number of benzene rings is 1. The number of unbranched alkanes of at least 4 members (excludes halogenated alkanes) is 2. The van der Waals surface area contributed by atoms with E-state index < -0.39 is 0 Å². The Labute approximate surface area is 137 Å². The van der Waals surface area contributed by atoms with E-state index in [0.29, 0.717) is 6.61 Å². The van der Waals surface area contributed by atoms with Crippen LogP contribution in [0.3, 0.4) is 0 Å². The standard InChI is InChI=1S/C17H28BrNO2/c1-13-10-15(18)11-14(12-19-17(2,3)4)16(13)21-9-7-5-6-8-20/h10-11,19-20H,5-9,12H2,1-4H3. The molecule has 0 unspecified atom stereocenters. The summed E-state index contributed by atoms with van der Waals surface area (Å²) in [4.78, 5) is 0.